The number of ether oxygens (including phenoxy) is 1. The number of piperidine rings is 1. The smallest absolute Gasteiger partial charge is 0.242 e. The highest BCUT2D eigenvalue weighted by Crippen LogP contribution is 2.29. The van der Waals surface area contributed by atoms with Gasteiger partial charge in [-0.3, -0.25) is 4.79 Å². The fraction of sp³-hybridized carbons (Fsp3) is 0.583. The summed E-state index contributed by atoms with van der Waals surface area (Å²) in [6, 6.07) is -0.271. The molecule has 1 amide bonds. The molecule has 7 heteroatoms. The van der Waals surface area contributed by atoms with Crippen molar-refractivity contribution in [3.63, 3.8) is 0 Å². The number of anilines is 2. The minimum absolute atomic E-state index is 0.00286. The number of nitrogens with one attached hydrogen (secondary N) is 3. The standard InChI is InChI=1S/C12H19N5O2/c1-3-13-10-9(19-2)11(16-7-15-10)17-8-5-4-6-14-12(8)18/h7-8H,3-6H2,1-2H3,(H,14,18)(H2,13,15,16,17). The second-order valence-corrected chi connectivity index (χ2v) is 4.26. The molecular weight excluding hydrogens is 246 g/mol. The fourth-order valence-corrected chi connectivity index (χ4v) is 2.04. The predicted octanol–water partition coefficient (Wildman–Crippen LogP) is 0.607. The van der Waals surface area contributed by atoms with E-state index in [1.807, 2.05) is 6.92 Å². The van der Waals surface area contributed by atoms with Crippen molar-refractivity contribution in [2.45, 2.75) is 25.8 Å². The Balaban J connectivity index is 2.19. The maximum atomic E-state index is 11.7. The molecule has 2 heterocycles. The van der Waals surface area contributed by atoms with Crippen LogP contribution in [0.2, 0.25) is 0 Å². The molecule has 0 radical (unpaired) electrons. The summed E-state index contributed by atoms with van der Waals surface area (Å²) in [6.07, 6.45) is 3.19. The monoisotopic (exact) mass is 265 g/mol. The summed E-state index contributed by atoms with van der Waals surface area (Å²) in [5.41, 5.74) is 0. The molecule has 1 fully saturated rings. The van der Waals surface area contributed by atoms with Crippen LogP contribution in [0.3, 0.4) is 0 Å². The average Bonchev–Trinajstić information content (AvgIpc) is 2.42. The molecule has 2 rings (SSSR count). The summed E-state index contributed by atoms with van der Waals surface area (Å²) < 4.78 is 5.32. The summed E-state index contributed by atoms with van der Waals surface area (Å²) in [5, 5.41) is 9.05. The Labute approximate surface area is 112 Å². The molecular formula is C12H19N5O2. The molecule has 1 aliphatic rings. The first-order chi connectivity index (χ1) is 9.26. The highest BCUT2D eigenvalue weighted by atomic mass is 16.5. The van der Waals surface area contributed by atoms with Crippen LogP contribution in [-0.2, 0) is 4.79 Å². The molecule has 0 saturated carbocycles. The van der Waals surface area contributed by atoms with Crippen molar-refractivity contribution in [1.82, 2.24) is 15.3 Å². The van der Waals surface area contributed by atoms with Crippen LogP contribution in [0.5, 0.6) is 5.75 Å². The number of aromatic nitrogens is 2. The molecule has 1 aromatic rings. The van der Waals surface area contributed by atoms with Gasteiger partial charge in [0.25, 0.3) is 0 Å². The molecule has 0 bridgehead atoms. The normalized spacial score (nSPS) is 18.6. The van der Waals surface area contributed by atoms with E-state index < -0.39 is 0 Å². The van der Waals surface area contributed by atoms with Crippen LogP contribution in [0.25, 0.3) is 0 Å². The lowest BCUT2D eigenvalue weighted by molar-refractivity contribution is -0.123. The molecule has 1 aliphatic heterocycles. The minimum Gasteiger partial charge on any atom is -0.490 e. The van der Waals surface area contributed by atoms with Gasteiger partial charge < -0.3 is 20.7 Å². The van der Waals surface area contributed by atoms with Crippen molar-refractivity contribution in [3.05, 3.63) is 6.33 Å². The van der Waals surface area contributed by atoms with E-state index in [2.05, 4.69) is 25.9 Å². The number of methoxy groups -OCH3 is 1. The van der Waals surface area contributed by atoms with Crippen LogP contribution in [0.4, 0.5) is 11.6 Å². The molecule has 1 aromatic heterocycles. The Kier molecular flexibility index (Phi) is 4.38. The van der Waals surface area contributed by atoms with E-state index in [4.69, 9.17) is 4.74 Å². The average molecular weight is 265 g/mol. The maximum absolute atomic E-state index is 11.7. The van der Waals surface area contributed by atoms with E-state index in [1.165, 1.54) is 6.33 Å². The van der Waals surface area contributed by atoms with Gasteiger partial charge in [-0.1, -0.05) is 0 Å². The number of carbonyl (C=O) groups excluding carboxylic acids is 1. The number of hydrogen-bond donors (Lipinski definition) is 3. The van der Waals surface area contributed by atoms with E-state index in [0.29, 0.717) is 17.4 Å². The molecule has 0 spiro atoms. The molecule has 3 N–H and O–H groups in total. The molecule has 104 valence electrons. The number of nitrogens with zero attached hydrogens (tertiary/aromatic N) is 2. The predicted molar refractivity (Wildman–Crippen MR) is 72.4 cm³/mol. The largest absolute Gasteiger partial charge is 0.490 e. The van der Waals surface area contributed by atoms with Gasteiger partial charge in [-0.2, -0.15) is 0 Å². The summed E-state index contributed by atoms with van der Waals surface area (Å²) in [4.78, 5) is 20.0. The highest BCUT2D eigenvalue weighted by Gasteiger charge is 2.24. The van der Waals surface area contributed by atoms with Gasteiger partial charge in [-0.05, 0) is 19.8 Å². The minimum atomic E-state index is -0.271. The van der Waals surface area contributed by atoms with E-state index in [-0.39, 0.29) is 11.9 Å². The van der Waals surface area contributed by atoms with Gasteiger partial charge in [0, 0.05) is 13.1 Å². The topological polar surface area (TPSA) is 88.2 Å². The Morgan fingerprint density at radius 1 is 1.47 bits per heavy atom. The van der Waals surface area contributed by atoms with Crippen molar-refractivity contribution >= 4 is 17.5 Å². The van der Waals surface area contributed by atoms with Crippen molar-refractivity contribution in [2.24, 2.45) is 0 Å². The van der Waals surface area contributed by atoms with Crippen molar-refractivity contribution in [1.29, 1.82) is 0 Å². The van der Waals surface area contributed by atoms with Gasteiger partial charge in [-0.15, -0.1) is 0 Å². The Morgan fingerprint density at radius 3 is 2.95 bits per heavy atom. The number of amides is 1. The summed E-state index contributed by atoms with van der Waals surface area (Å²) in [6.45, 7) is 3.44. The van der Waals surface area contributed by atoms with Crippen LogP contribution in [0.15, 0.2) is 6.33 Å². The summed E-state index contributed by atoms with van der Waals surface area (Å²) >= 11 is 0. The van der Waals surface area contributed by atoms with Gasteiger partial charge in [0.1, 0.15) is 12.4 Å². The van der Waals surface area contributed by atoms with Crippen molar-refractivity contribution in [3.8, 4) is 5.75 Å². The van der Waals surface area contributed by atoms with Crippen LogP contribution < -0.4 is 20.7 Å². The Bertz CT molecular complexity index is 452. The molecule has 7 nitrogen and oxygen atoms in total. The zero-order chi connectivity index (χ0) is 13.7. The van der Waals surface area contributed by atoms with E-state index >= 15 is 0 Å². The lowest BCUT2D eigenvalue weighted by atomic mass is 10.1. The fourth-order valence-electron chi connectivity index (χ4n) is 2.04. The van der Waals surface area contributed by atoms with Crippen molar-refractivity contribution in [2.75, 3.05) is 30.8 Å². The lowest BCUT2D eigenvalue weighted by Crippen LogP contribution is -2.44. The summed E-state index contributed by atoms with van der Waals surface area (Å²) in [5.74, 6) is 1.69. The SMILES string of the molecule is CCNc1ncnc(NC2CCCNC2=O)c1OC. The van der Waals surface area contributed by atoms with Gasteiger partial charge in [0.2, 0.25) is 11.7 Å². The van der Waals surface area contributed by atoms with E-state index in [1.54, 1.807) is 7.11 Å². The first-order valence-corrected chi connectivity index (χ1v) is 6.43. The zero-order valence-corrected chi connectivity index (χ0v) is 11.2. The third kappa shape index (κ3) is 3.04. The molecule has 1 unspecified atom stereocenters. The molecule has 1 saturated heterocycles. The third-order valence-electron chi connectivity index (χ3n) is 2.95. The Hall–Kier alpha value is -2.05. The highest BCUT2D eigenvalue weighted by molar-refractivity contribution is 5.85. The maximum Gasteiger partial charge on any atom is 0.242 e. The second kappa shape index (κ2) is 6.21. The first kappa shape index (κ1) is 13.4. The van der Waals surface area contributed by atoms with E-state index in [0.717, 1.165) is 25.9 Å². The van der Waals surface area contributed by atoms with Crippen LogP contribution in [-0.4, -0.2) is 42.1 Å². The Morgan fingerprint density at radius 2 is 2.26 bits per heavy atom. The second-order valence-electron chi connectivity index (χ2n) is 4.26. The van der Waals surface area contributed by atoms with Gasteiger partial charge in [0.05, 0.1) is 7.11 Å². The van der Waals surface area contributed by atoms with E-state index in [9.17, 15) is 4.79 Å². The quantitative estimate of drug-likeness (QED) is 0.723. The molecule has 19 heavy (non-hydrogen) atoms. The van der Waals surface area contributed by atoms with Crippen LogP contribution in [0.1, 0.15) is 19.8 Å². The van der Waals surface area contributed by atoms with Crippen LogP contribution >= 0.6 is 0 Å². The number of rotatable bonds is 5. The first-order valence-electron chi connectivity index (χ1n) is 6.43. The third-order valence-corrected chi connectivity index (χ3v) is 2.95. The molecule has 1 atom stereocenters. The van der Waals surface area contributed by atoms with Gasteiger partial charge in [-0.25, -0.2) is 9.97 Å². The zero-order valence-electron chi connectivity index (χ0n) is 11.2. The molecule has 0 aliphatic carbocycles. The summed E-state index contributed by atoms with van der Waals surface area (Å²) in [7, 11) is 1.56. The number of carbonyl (C=O) groups is 1. The lowest BCUT2D eigenvalue weighted by Gasteiger charge is -2.24. The van der Waals surface area contributed by atoms with Gasteiger partial charge >= 0.3 is 0 Å². The number of hydrogen-bond acceptors (Lipinski definition) is 6. The van der Waals surface area contributed by atoms with Gasteiger partial charge in [0.15, 0.2) is 11.6 Å². The van der Waals surface area contributed by atoms with Crippen molar-refractivity contribution < 1.29 is 9.53 Å². The molecule has 0 aromatic carbocycles. The van der Waals surface area contributed by atoms with Crippen LogP contribution in [0, 0.1) is 0 Å².